The van der Waals surface area contributed by atoms with Crippen molar-refractivity contribution >= 4 is 41.0 Å². The number of ether oxygens (including phenoxy) is 1. The Bertz CT molecular complexity index is 796. The van der Waals surface area contributed by atoms with Crippen molar-refractivity contribution in [3.8, 4) is 5.75 Å². The number of phenolic OH excluding ortho intramolecular Hbond substituents is 1. The van der Waals surface area contributed by atoms with E-state index < -0.39 is 18.1 Å². The van der Waals surface area contributed by atoms with Crippen LogP contribution in [-0.2, 0) is 14.3 Å². The van der Waals surface area contributed by atoms with E-state index in [0.29, 0.717) is 33.6 Å². The zero-order valence-corrected chi connectivity index (χ0v) is 15.9. The number of thiocarbonyl (C=S) groups is 1. The van der Waals surface area contributed by atoms with Crippen LogP contribution in [0.4, 0.5) is 0 Å². The number of nitrogens with one attached hydrogen (secondary N) is 2. The predicted molar refractivity (Wildman–Crippen MR) is 102 cm³/mol. The van der Waals surface area contributed by atoms with Crippen molar-refractivity contribution in [3.05, 3.63) is 41.1 Å². The van der Waals surface area contributed by atoms with Gasteiger partial charge in [-0.2, -0.15) is 0 Å². The smallest absolute Gasteiger partial charge is 0.329 e. The second-order valence-corrected chi connectivity index (χ2v) is 7.39. The number of aromatic hydroxyl groups is 1. The van der Waals surface area contributed by atoms with E-state index in [0.717, 1.165) is 0 Å². The van der Waals surface area contributed by atoms with Crippen molar-refractivity contribution < 1.29 is 19.4 Å². The Morgan fingerprint density at radius 1 is 1.42 bits per heavy atom. The topological polar surface area (TPSA) is 90.9 Å². The highest BCUT2D eigenvalue weighted by molar-refractivity contribution is 7.99. The first-order valence-corrected chi connectivity index (χ1v) is 9.52. The summed E-state index contributed by atoms with van der Waals surface area (Å²) in [7, 11) is 1.32. The summed E-state index contributed by atoms with van der Waals surface area (Å²) in [5.41, 5.74) is 1.78. The molecule has 9 heteroatoms. The molecule has 1 saturated heterocycles. The van der Waals surface area contributed by atoms with E-state index in [1.54, 1.807) is 25.1 Å². The molecule has 3 N–H and O–H groups in total. The van der Waals surface area contributed by atoms with Crippen molar-refractivity contribution in [2.24, 2.45) is 0 Å². The van der Waals surface area contributed by atoms with E-state index in [-0.39, 0.29) is 11.7 Å². The van der Waals surface area contributed by atoms with Crippen molar-refractivity contribution in [1.82, 2.24) is 15.5 Å². The molecule has 0 saturated carbocycles. The molecule has 2 heterocycles. The predicted octanol–water partition coefficient (Wildman–Crippen LogP) is 1.26. The minimum absolute atomic E-state index is 0.0994. The zero-order valence-electron chi connectivity index (χ0n) is 14.3. The Morgan fingerprint density at radius 2 is 2.19 bits per heavy atom. The van der Waals surface area contributed by atoms with Crippen LogP contribution in [0.3, 0.4) is 0 Å². The summed E-state index contributed by atoms with van der Waals surface area (Å²) in [5, 5.41) is 16.3. The van der Waals surface area contributed by atoms with Gasteiger partial charge in [0.15, 0.2) is 5.11 Å². The molecule has 2 aliphatic heterocycles. The first kappa shape index (κ1) is 18.5. The molecule has 1 unspecified atom stereocenters. The standard InChI is InChI=1S/C17H19N3O4S2/c1-9-13(15(22)20-8-26-7-12(20)16(23)24-2)14(19-17(25)18-9)10-4-3-5-11(21)6-10/h3-6,12,14,21H,7-8H2,1-2H3,(H2,18,19,25)/t12-,14?/m0/s1. The lowest BCUT2D eigenvalue weighted by molar-refractivity contribution is -0.149. The van der Waals surface area contributed by atoms with Gasteiger partial charge in [-0.05, 0) is 36.8 Å². The molecule has 1 fully saturated rings. The van der Waals surface area contributed by atoms with Gasteiger partial charge in [0.2, 0.25) is 0 Å². The summed E-state index contributed by atoms with van der Waals surface area (Å²) in [6, 6.07) is 5.53. The molecule has 138 valence electrons. The van der Waals surface area contributed by atoms with Crippen LogP contribution in [0.5, 0.6) is 5.75 Å². The lowest BCUT2D eigenvalue weighted by Crippen LogP contribution is -2.50. The third-order valence-electron chi connectivity index (χ3n) is 4.32. The second-order valence-electron chi connectivity index (χ2n) is 5.98. The SMILES string of the molecule is COC(=O)[C@@H]1CSCN1C(=O)C1=C(C)NC(=S)NC1c1cccc(O)c1. The summed E-state index contributed by atoms with van der Waals surface area (Å²) in [6.07, 6.45) is 0. The number of esters is 1. The van der Waals surface area contributed by atoms with E-state index in [2.05, 4.69) is 10.6 Å². The molecule has 0 radical (unpaired) electrons. The maximum Gasteiger partial charge on any atom is 0.329 e. The lowest BCUT2D eigenvalue weighted by atomic mass is 9.94. The fraction of sp³-hybridized carbons (Fsp3) is 0.353. The highest BCUT2D eigenvalue weighted by Gasteiger charge is 2.40. The molecule has 0 bridgehead atoms. The summed E-state index contributed by atoms with van der Waals surface area (Å²) < 4.78 is 4.83. The molecule has 0 aliphatic carbocycles. The number of methoxy groups -OCH3 is 1. The van der Waals surface area contributed by atoms with Crippen LogP contribution >= 0.6 is 24.0 Å². The van der Waals surface area contributed by atoms with Gasteiger partial charge in [0.25, 0.3) is 5.91 Å². The maximum absolute atomic E-state index is 13.3. The highest BCUT2D eigenvalue weighted by atomic mass is 32.2. The third-order valence-corrected chi connectivity index (χ3v) is 5.55. The first-order valence-electron chi connectivity index (χ1n) is 7.96. The van der Waals surface area contributed by atoms with E-state index in [1.807, 2.05) is 6.07 Å². The normalized spacial score (nSPS) is 22.7. The largest absolute Gasteiger partial charge is 0.508 e. The number of hydrogen-bond donors (Lipinski definition) is 3. The third kappa shape index (κ3) is 3.49. The summed E-state index contributed by atoms with van der Waals surface area (Å²) in [5.74, 6) is 0.316. The van der Waals surface area contributed by atoms with Crippen molar-refractivity contribution in [2.45, 2.75) is 19.0 Å². The molecule has 2 atom stereocenters. The van der Waals surface area contributed by atoms with Crippen LogP contribution < -0.4 is 10.6 Å². The van der Waals surface area contributed by atoms with Gasteiger partial charge in [-0.3, -0.25) is 4.79 Å². The van der Waals surface area contributed by atoms with Gasteiger partial charge in [-0.1, -0.05) is 12.1 Å². The fourth-order valence-electron chi connectivity index (χ4n) is 3.06. The van der Waals surface area contributed by atoms with Crippen LogP contribution in [0.25, 0.3) is 0 Å². The second kappa shape index (κ2) is 7.55. The molecule has 1 aromatic carbocycles. The molecule has 7 nitrogen and oxygen atoms in total. The van der Waals surface area contributed by atoms with E-state index in [4.69, 9.17) is 17.0 Å². The highest BCUT2D eigenvalue weighted by Crippen LogP contribution is 2.32. The fourth-order valence-corrected chi connectivity index (χ4v) is 4.47. The van der Waals surface area contributed by atoms with Gasteiger partial charge >= 0.3 is 5.97 Å². The van der Waals surface area contributed by atoms with Gasteiger partial charge in [0, 0.05) is 11.4 Å². The average molecular weight is 393 g/mol. The van der Waals surface area contributed by atoms with Crippen LogP contribution in [-0.4, -0.2) is 51.8 Å². The molecule has 3 rings (SSSR count). The quantitative estimate of drug-likeness (QED) is 0.522. The Hall–Kier alpha value is -2.26. The van der Waals surface area contributed by atoms with E-state index >= 15 is 0 Å². The minimum atomic E-state index is -0.614. The minimum Gasteiger partial charge on any atom is -0.508 e. The number of rotatable bonds is 3. The Labute approximate surface area is 160 Å². The number of nitrogens with zero attached hydrogens (tertiary/aromatic N) is 1. The average Bonchev–Trinajstić information content (AvgIpc) is 3.09. The van der Waals surface area contributed by atoms with Crippen LogP contribution in [0, 0.1) is 0 Å². The number of allylic oxidation sites excluding steroid dienone is 1. The van der Waals surface area contributed by atoms with Crippen molar-refractivity contribution in [1.29, 1.82) is 0 Å². The molecule has 26 heavy (non-hydrogen) atoms. The lowest BCUT2D eigenvalue weighted by Gasteiger charge is -2.33. The summed E-state index contributed by atoms with van der Waals surface area (Å²) >= 11 is 6.73. The first-order chi connectivity index (χ1) is 12.4. The number of benzene rings is 1. The molecule has 0 aromatic heterocycles. The zero-order chi connectivity index (χ0) is 18.8. The number of thioether (sulfide) groups is 1. The van der Waals surface area contributed by atoms with Gasteiger partial charge in [-0.25, -0.2) is 4.79 Å². The van der Waals surface area contributed by atoms with Crippen LogP contribution in [0.1, 0.15) is 18.5 Å². The number of amides is 1. The Balaban J connectivity index is 1.98. The number of carbonyl (C=O) groups is 2. The maximum atomic E-state index is 13.3. The Kier molecular flexibility index (Phi) is 5.38. The number of hydrogen-bond acceptors (Lipinski definition) is 6. The molecule has 1 amide bonds. The van der Waals surface area contributed by atoms with Crippen LogP contribution in [0.15, 0.2) is 35.5 Å². The van der Waals surface area contributed by atoms with Gasteiger partial charge in [-0.15, -0.1) is 11.8 Å². The molecule has 2 aliphatic rings. The molecular weight excluding hydrogens is 374 g/mol. The van der Waals surface area contributed by atoms with Crippen molar-refractivity contribution in [3.63, 3.8) is 0 Å². The molecule has 1 aromatic rings. The number of carbonyl (C=O) groups excluding carboxylic acids is 2. The summed E-state index contributed by atoms with van der Waals surface area (Å²) in [4.78, 5) is 26.8. The molecule has 0 spiro atoms. The van der Waals surface area contributed by atoms with E-state index in [1.165, 1.54) is 23.8 Å². The van der Waals surface area contributed by atoms with Crippen LogP contribution in [0.2, 0.25) is 0 Å². The summed E-state index contributed by atoms with van der Waals surface area (Å²) in [6.45, 7) is 1.77. The van der Waals surface area contributed by atoms with Gasteiger partial charge in [0.1, 0.15) is 11.8 Å². The van der Waals surface area contributed by atoms with Gasteiger partial charge in [0.05, 0.1) is 24.6 Å². The van der Waals surface area contributed by atoms with E-state index in [9.17, 15) is 14.7 Å². The molecular formula is C17H19N3O4S2. The Morgan fingerprint density at radius 3 is 2.88 bits per heavy atom. The number of phenols is 1. The van der Waals surface area contributed by atoms with Gasteiger partial charge < -0.3 is 25.4 Å². The van der Waals surface area contributed by atoms with Crippen molar-refractivity contribution in [2.75, 3.05) is 18.7 Å². The monoisotopic (exact) mass is 393 g/mol.